The Morgan fingerprint density at radius 1 is 1.03 bits per heavy atom. The smallest absolute Gasteiger partial charge is 0.320 e. The van der Waals surface area contributed by atoms with E-state index in [1.807, 2.05) is 6.07 Å². The molecule has 0 bridgehead atoms. The molecule has 1 fully saturated rings. The van der Waals surface area contributed by atoms with Gasteiger partial charge in [0, 0.05) is 18.7 Å². The van der Waals surface area contributed by atoms with E-state index in [4.69, 9.17) is 9.47 Å². The highest BCUT2D eigenvalue weighted by Gasteiger charge is 2.25. The molecule has 0 aliphatic carbocycles. The van der Waals surface area contributed by atoms with Gasteiger partial charge in [0.05, 0.1) is 13.2 Å². The summed E-state index contributed by atoms with van der Waals surface area (Å²) in [5.41, 5.74) is 6.44. The van der Waals surface area contributed by atoms with Gasteiger partial charge in [0.2, 0.25) is 0 Å². The maximum Gasteiger partial charge on any atom is 0.320 e. The molecule has 2 heterocycles. The Labute approximate surface area is 173 Å². The van der Waals surface area contributed by atoms with Gasteiger partial charge in [0.15, 0.2) is 0 Å². The zero-order valence-electron chi connectivity index (χ0n) is 17.3. The van der Waals surface area contributed by atoms with Crippen molar-refractivity contribution >= 4 is 11.5 Å². The van der Waals surface area contributed by atoms with Gasteiger partial charge < -0.3 is 9.47 Å². The van der Waals surface area contributed by atoms with Crippen molar-refractivity contribution in [3.8, 4) is 5.75 Å². The van der Waals surface area contributed by atoms with Crippen LogP contribution in [0.4, 0.5) is 0 Å². The molecular formula is C25H29NO3. The first-order valence-corrected chi connectivity index (χ1v) is 10.5. The third-order valence-corrected chi connectivity index (χ3v) is 5.57. The molecule has 0 unspecified atom stereocenters. The molecule has 29 heavy (non-hydrogen) atoms. The number of rotatable bonds is 4. The number of hydrogen-bond donors (Lipinski definition) is 0. The molecule has 0 N–H and O–H groups in total. The van der Waals surface area contributed by atoms with Crippen LogP contribution < -0.4 is 4.74 Å². The fraction of sp³-hybridized carbons (Fsp3) is 0.400. The van der Waals surface area contributed by atoms with Crippen LogP contribution in [0, 0.1) is 5.92 Å². The quantitative estimate of drug-likeness (QED) is 0.710. The number of nitrogens with zero attached hydrogens (tertiary/aromatic N) is 1. The zero-order valence-corrected chi connectivity index (χ0v) is 17.3. The van der Waals surface area contributed by atoms with Crippen molar-refractivity contribution in [1.82, 2.24) is 4.90 Å². The Balaban J connectivity index is 1.56. The van der Waals surface area contributed by atoms with Crippen molar-refractivity contribution in [2.45, 2.75) is 33.3 Å². The lowest BCUT2D eigenvalue weighted by Gasteiger charge is -2.29. The Bertz CT molecular complexity index is 856. The topological polar surface area (TPSA) is 38.8 Å². The van der Waals surface area contributed by atoms with Crippen LogP contribution in [0.3, 0.4) is 0 Å². The van der Waals surface area contributed by atoms with Crippen molar-refractivity contribution in [1.29, 1.82) is 0 Å². The average molecular weight is 392 g/mol. The minimum Gasteiger partial charge on any atom is -0.488 e. The second-order valence-corrected chi connectivity index (χ2v) is 8.27. The molecule has 2 aromatic rings. The molecular weight excluding hydrogens is 362 g/mol. The van der Waals surface area contributed by atoms with Gasteiger partial charge in [0.25, 0.3) is 0 Å². The van der Waals surface area contributed by atoms with Crippen LogP contribution >= 0.6 is 0 Å². The van der Waals surface area contributed by atoms with Gasteiger partial charge >= 0.3 is 5.97 Å². The Morgan fingerprint density at radius 3 is 2.48 bits per heavy atom. The van der Waals surface area contributed by atoms with E-state index in [0.717, 1.165) is 31.7 Å². The van der Waals surface area contributed by atoms with Crippen molar-refractivity contribution in [2.75, 3.05) is 26.2 Å². The molecule has 4 heteroatoms. The summed E-state index contributed by atoms with van der Waals surface area (Å²) in [5.74, 6) is 1.20. The van der Waals surface area contributed by atoms with Gasteiger partial charge in [-0.2, -0.15) is 0 Å². The normalized spacial score (nSPS) is 16.7. The number of benzene rings is 2. The van der Waals surface area contributed by atoms with E-state index >= 15 is 0 Å². The van der Waals surface area contributed by atoms with Crippen LogP contribution in [0.15, 0.2) is 54.1 Å². The number of fused-ring (bicyclic) bond motifs is 2. The zero-order chi connectivity index (χ0) is 20.2. The summed E-state index contributed by atoms with van der Waals surface area (Å²) >= 11 is 0. The lowest BCUT2D eigenvalue weighted by Crippen LogP contribution is -2.36. The summed E-state index contributed by atoms with van der Waals surface area (Å²) in [6.45, 7) is 7.33. The second kappa shape index (κ2) is 8.83. The maximum absolute atomic E-state index is 12.1. The molecule has 0 atom stereocenters. The highest BCUT2D eigenvalue weighted by molar-refractivity contribution is 5.87. The molecule has 0 saturated carbocycles. The highest BCUT2D eigenvalue weighted by Crippen LogP contribution is 2.40. The standard InChI is InChI=1S/C25H29NO3/c1-18(2)16-29-24(27)15-26-13-11-19(12-14-26)25-21-8-4-3-7-20(21)17-28-23-10-6-5-9-22(23)25/h3-10,18H,11-17H2,1-2H3. The van der Waals surface area contributed by atoms with Crippen LogP contribution in [0.2, 0.25) is 0 Å². The first-order valence-electron chi connectivity index (χ1n) is 10.5. The summed E-state index contributed by atoms with van der Waals surface area (Å²) in [7, 11) is 0. The number of ether oxygens (including phenoxy) is 2. The first kappa shape index (κ1) is 19.7. The molecule has 2 aromatic carbocycles. The van der Waals surface area contributed by atoms with E-state index in [1.165, 1.54) is 27.8 Å². The third-order valence-electron chi connectivity index (χ3n) is 5.57. The van der Waals surface area contributed by atoms with E-state index in [9.17, 15) is 4.79 Å². The largest absolute Gasteiger partial charge is 0.488 e. The number of carbonyl (C=O) groups is 1. The summed E-state index contributed by atoms with van der Waals surface area (Å²) < 4.78 is 11.5. The van der Waals surface area contributed by atoms with E-state index in [2.05, 4.69) is 61.2 Å². The SMILES string of the molecule is CC(C)COC(=O)CN1CCC(=C2c3ccccc3COc3ccccc32)CC1. The maximum atomic E-state index is 12.1. The fourth-order valence-corrected chi connectivity index (χ4v) is 4.09. The van der Waals surface area contributed by atoms with Gasteiger partial charge in [-0.25, -0.2) is 0 Å². The Kier molecular flexibility index (Phi) is 6.00. The fourth-order valence-electron chi connectivity index (χ4n) is 4.09. The summed E-state index contributed by atoms with van der Waals surface area (Å²) in [5, 5.41) is 0. The molecule has 2 aliphatic heterocycles. The van der Waals surface area contributed by atoms with Crippen molar-refractivity contribution in [3.63, 3.8) is 0 Å². The predicted octanol–water partition coefficient (Wildman–Crippen LogP) is 4.68. The highest BCUT2D eigenvalue weighted by atomic mass is 16.5. The molecule has 0 amide bonds. The Hall–Kier alpha value is -2.59. The van der Waals surface area contributed by atoms with Crippen LogP contribution in [-0.2, 0) is 16.1 Å². The first-order chi connectivity index (χ1) is 14.1. The molecule has 4 rings (SSSR count). The van der Waals surface area contributed by atoms with Crippen LogP contribution in [0.5, 0.6) is 5.75 Å². The number of hydrogen-bond acceptors (Lipinski definition) is 4. The molecule has 4 nitrogen and oxygen atoms in total. The van der Waals surface area contributed by atoms with Gasteiger partial charge in [-0.3, -0.25) is 9.69 Å². The van der Waals surface area contributed by atoms with Crippen molar-refractivity contribution < 1.29 is 14.3 Å². The summed E-state index contributed by atoms with van der Waals surface area (Å²) in [6, 6.07) is 16.9. The van der Waals surface area contributed by atoms with Crippen LogP contribution in [0.1, 0.15) is 43.4 Å². The molecule has 152 valence electrons. The van der Waals surface area contributed by atoms with Crippen LogP contribution in [0.25, 0.3) is 5.57 Å². The summed E-state index contributed by atoms with van der Waals surface area (Å²) in [4.78, 5) is 14.3. The predicted molar refractivity (Wildman–Crippen MR) is 115 cm³/mol. The number of carbonyl (C=O) groups excluding carboxylic acids is 1. The number of para-hydroxylation sites is 1. The van der Waals surface area contributed by atoms with E-state index < -0.39 is 0 Å². The second-order valence-electron chi connectivity index (χ2n) is 8.27. The van der Waals surface area contributed by atoms with Crippen molar-refractivity contribution in [3.05, 3.63) is 70.8 Å². The molecule has 0 radical (unpaired) electrons. The minimum absolute atomic E-state index is 0.117. The average Bonchev–Trinajstić information content (AvgIpc) is 2.90. The van der Waals surface area contributed by atoms with E-state index in [1.54, 1.807) is 0 Å². The monoisotopic (exact) mass is 391 g/mol. The molecule has 0 spiro atoms. The van der Waals surface area contributed by atoms with Crippen LogP contribution in [-0.4, -0.2) is 37.1 Å². The third kappa shape index (κ3) is 4.54. The van der Waals surface area contributed by atoms with E-state index in [0.29, 0.717) is 25.7 Å². The number of piperidine rings is 1. The number of likely N-dealkylation sites (tertiary alicyclic amines) is 1. The van der Waals surface area contributed by atoms with E-state index in [-0.39, 0.29) is 5.97 Å². The van der Waals surface area contributed by atoms with Crippen molar-refractivity contribution in [2.24, 2.45) is 5.92 Å². The molecule has 1 saturated heterocycles. The lowest BCUT2D eigenvalue weighted by atomic mass is 9.86. The minimum atomic E-state index is -0.117. The summed E-state index contributed by atoms with van der Waals surface area (Å²) in [6.07, 6.45) is 1.91. The Morgan fingerprint density at radius 2 is 1.72 bits per heavy atom. The van der Waals surface area contributed by atoms with Gasteiger partial charge in [-0.05, 0) is 41.5 Å². The van der Waals surface area contributed by atoms with Gasteiger partial charge in [0.1, 0.15) is 12.4 Å². The lowest BCUT2D eigenvalue weighted by molar-refractivity contribution is -0.146. The number of esters is 1. The molecule has 0 aromatic heterocycles. The van der Waals surface area contributed by atoms with Gasteiger partial charge in [-0.15, -0.1) is 0 Å². The molecule has 2 aliphatic rings. The van der Waals surface area contributed by atoms with Gasteiger partial charge in [-0.1, -0.05) is 61.9 Å².